The fourth-order valence-electron chi connectivity index (χ4n) is 4.26. The van der Waals surface area contributed by atoms with Crippen LogP contribution in [0.5, 0.6) is 0 Å². The lowest BCUT2D eigenvalue weighted by atomic mass is 10.1. The summed E-state index contributed by atoms with van der Waals surface area (Å²) < 4.78 is 4.93. The van der Waals surface area contributed by atoms with E-state index < -0.39 is 0 Å². The number of halogens is 1. The number of piperazine rings is 1. The van der Waals surface area contributed by atoms with Crippen LogP contribution in [-0.2, 0) is 13.0 Å². The van der Waals surface area contributed by atoms with Gasteiger partial charge in [-0.1, -0.05) is 23.4 Å². The summed E-state index contributed by atoms with van der Waals surface area (Å²) in [6.45, 7) is 8.99. The van der Waals surface area contributed by atoms with Crippen LogP contribution in [0, 0.1) is 0 Å². The van der Waals surface area contributed by atoms with E-state index in [9.17, 15) is 0 Å². The maximum Gasteiger partial charge on any atom is 0.193 e. The van der Waals surface area contributed by atoms with E-state index in [1.807, 2.05) is 13.1 Å². The van der Waals surface area contributed by atoms with Crippen molar-refractivity contribution in [2.24, 2.45) is 4.99 Å². The van der Waals surface area contributed by atoms with Crippen LogP contribution in [0.4, 0.5) is 5.69 Å². The summed E-state index contributed by atoms with van der Waals surface area (Å²) in [5.74, 6) is 1.00. The lowest BCUT2D eigenvalue weighted by Gasteiger charge is -2.36. The van der Waals surface area contributed by atoms with Gasteiger partial charge in [0, 0.05) is 70.7 Å². The highest BCUT2D eigenvalue weighted by Crippen LogP contribution is 2.31. The Kier molecular flexibility index (Phi) is 7.77. The van der Waals surface area contributed by atoms with Crippen LogP contribution in [0.15, 0.2) is 46.1 Å². The Balaban J connectivity index is 0.00000240. The van der Waals surface area contributed by atoms with E-state index in [1.54, 1.807) is 6.26 Å². The summed E-state index contributed by atoms with van der Waals surface area (Å²) >= 11 is 0. The number of guanidine groups is 1. The molecule has 1 fully saturated rings. The van der Waals surface area contributed by atoms with Crippen molar-refractivity contribution in [3.8, 4) is 0 Å². The van der Waals surface area contributed by atoms with Gasteiger partial charge >= 0.3 is 0 Å². The Bertz CT molecular complexity index is 788. The van der Waals surface area contributed by atoms with Gasteiger partial charge in [0.1, 0.15) is 6.26 Å². The summed E-state index contributed by atoms with van der Waals surface area (Å²) in [5.41, 5.74) is 3.84. The minimum absolute atomic E-state index is 0. The van der Waals surface area contributed by atoms with Crippen molar-refractivity contribution in [2.75, 3.05) is 51.2 Å². The SMILES string of the molecule is CN=C(NCCN1c2ccccc2CC1C)N1CCN(Cc2ccon2)CC1.I. The van der Waals surface area contributed by atoms with Crippen LogP contribution < -0.4 is 10.2 Å². The standard InChI is InChI=1S/C21H30N6O.HI/c1-17-15-18-5-3-4-6-20(18)27(17)9-8-23-21(22-2)26-12-10-25(11-13-26)16-19-7-14-28-24-19;/h3-7,14,17H,8-13,15-16H2,1-2H3,(H,22,23);1H. The normalized spacial score (nSPS) is 19.8. The summed E-state index contributed by atoms with van der Waals surface area (Å²) in [4.78, 5) is 11.8. The van der Waals surface area contributed by atoms with Gasteiger partial charge in [0.25, 0.3) is 0 Å². The topological polar surface area (TPSA) is 60.1 Å². The molecule has 3 heterocycles. The largest absolute Gasteiger partial charge is 0.367 e. The molecule has 2 aliphatic rings. The zero-order valence-corrected chi connectivity index (χ0v) is 19.6. The molecule has 1 unspecified atom stereocenters. The average molecular weight is 510 g/mol. The second-order valence-corrected chi connectivity index (χ2v) is 7.60. The number of hydrogen-bond acceptors (Lipinski definition) is 5. The first-order chi connectivity index (χ1) is 13.7. The Morgan fingerprint density at radius 2 is 2.00 bits per heavy atom. The van der Waals surface area contributed by atoms with Crippen LogP contribution >= 0.6 is 24.0 Å². The van der Waals surface area contributed by atoms with E-state index >= 15 is 0 Å². The van der Waals surface area contributed by atoms with Gasteiger partial charge in [-0.15, -0.1) is 24.0 Å². The van der Waals surface area contributed by atoms with Crippen LogP contribution in [0.1, 0.15) is 18.2 Å². The third-order valence-corrected chi connectivity index (χ3v) is 5.74. The lowest BCUT2D eigenvalue weighted by Crippen LogP contribution is -2.53. The number of benzene rings is 1. The molecule has 4 rings (SSSR count). The molecule has 1 aromatic heterocycles. The smallest absolute Gasteiger partial charge is 0.193 e. The van der Waals surface area contributed by atoms with Gasteiger partial charge in [-0.2, -0.15) is 0 Å². The van der Waals surface area contributed by atoms with Crippen LogP contribution in [0.3, 0.4) is 0 Å². The van der Waals surface area contributed by atoms with Gasteiger partial charge in [-0.3, -0.25) is 9.89 Å². The number of aromatic nitrogens is 1. The number of hydrogen-bond donors (Lipinski definition) is 1. The quantitative estimate of drug-likeness (QED) is 0.379. The molecule has 0 bridgehead atoms. The molecule has 1 N–H and O–H groups in total. The van der Waals surface area contributed by atoms with Gasteiger partial charge in [0.2, 0.25) is 0 Å². The number of aliphatic imine (C=N–C) groups is 1. The third-order valence-electron chi connectivity index (χ3n) is 5.74. The Morgan fingerprint density at radius 1 is 1.21 bits per heavy atom. The van der Waals surface area contributed by atoms with Crippen molar-refractivity contribution in [3.05, 3.63) is 47.9 Å². The van der Waals surface area contributed by atoms with E-state index in [-0.39, 0.29) is 24.0 Å². The molecule has 7 nitrogen and oxygen atoms in total. The van der Waals surface area contributed by atoms with Crippen molar-refractivity contribution < 1.29 is 4.52 Å². The highest BCUT2D eigenvalue weighted by atomic mass is 127. The van der Waals surface area contributed by atoms with Crippen LogP contribution in [-0.4, -0.2) is 73.3 Å². The zero-order valence-electron chi connectivity index (χ0n) is 17.3. The summed E-state index contributed by atoms with van der Waals surface area (Å²) in [5, 5.41) is 7.58. The highest BCUT2D eigenvalue weighted by molar-refractivity contribution is 14.0. The lowest BCUT2D eigenvalue weighted by molar-refractivity contribution is 0.169. The van der Waals surface area contributed by atoms with Gasteiger partial charge in [-0.05, 0) is 25.0 Å². The highest BCUT2D eigenvalue weighted by Gasteiger charge is 2.25. The van der Waals surface area contributed by atoms with E-state index in [0.29, 0.717) is 6.04 Å². The molecule has 2 aliphatic heterocycles. The number of para-hydroxylation sites is 1. The number of nitrogens with one attached hydrogen (secondary N) is 1. The number of rotatable bonds is 5. The fourth-order valence-corrected chi connectivity index (χ4v) is 4.26. The van der Waals surface area contributed by atoms with Crippen LogP contribution in [0.2, 0.25) is 0 Å². The van der Waals surface area contributed by atoms with E-state index in [0.717, 1.165) is 63.9 Å². The maximum absolute atomic E-state index is 4.93. The minimum atomic E-state index is 0. The van der Waals surface area contributed by atoms with Crippen molar-refractivity contribution in [2.45, 2.75) is 25.9 Å². The van der Waals surface area contributed by atoms with Crippen molar-refractivity contribution in [3.63, 3.8) is 0 Å². The molecule has 1 aromatic carbocycles. The zero-order chi connectivity index (χ0) is 19.3. The molecule has 0 spiro atoms. The monoisotopic (exact) mass is 510 g/mol. The first kappa shape index (κ1) is 21.9. The van der Waals surface area contributed by atoms with Gasteiger partial charge in [-0.25, -0.2) is 0 Å². The van der Waals surface area contributed by atoms with Crippen molar-refractivity contribution >= 4 is 35.6 Å². The molecule has 8 heteroatoms. The maximum atomic E-state index is 4.93. The Hall–Kier alpha value is -1.81. The Labute approximate surface area is 190 Å². The van der Waals surface area contributed by atoms with Crippen LogP contribution in [0.25, 0.3) is 0 Å². The second-order valence-electron chi connectivity index (χ2n) is 7.60. The first-order valence-electron chi connectivity index (χ1n) is 10.2. The summed E-state index contributed by atoms with van der Waals surface area (Å²) in [6.07, 6.45) is 2.77. The van der Waals surface area contributed by atoms with E-state index in [2.05, 4.69) is 61.4 Å². The third kappa shape index (κ3) is 5.22. The Morgan fingerprint density at radius 3 is 2.72 bits per heavy atom. The molecular formula is C21H31IN6O. The predicted octanol–water partition coefficient (Wildman–Crippen LogP) is 2.44. The fraction of sp³-hybridized carbons (Fsp3) is 0.524. The molecule has 158 valence electrons. The molecule has 1 atom stereocenters. The molecule has 1 saturated heterocycles. The number of nitrogens with zero attached hydrogens (tertiary/aromatic N) is 5. The molecule has 0 saturated carbocycles. The van der Waals surface area contributed by atoms with Gasteiger partial charge in [0.05, 0.1) is 5.69 Å². The molecule has 0 radical (unpaired) electrons. The molecular weight excluding hydrogens is 479 g/mol. The number of fused-ring (bicyclic) bond motifs is 1. The van der Waals surface area contributed by atoms with Gasteiger partial charge in [0.15, 0.2) is 5.96 Å². The predicted molar refractivity (Wildman–Crippen MR) is 127 cm³/mol. The van der Waals surface area contributed by atoms with Crippen molar-refractivity contribution in [1.29, 1.82) is 0 Å². The number of anilines is 1. The molecule has 2 aromatic rings. The van der Waals surface area contributed by atoms with Gasteiger partial charge < -0.3 is 19.6 Å². The first-order valence-corrected chi connectivity index (χ1v) is 10.2. The minimum Gasteiger partial charge on any atom is -0.367 e. The van der Waals surface area contributed by atoms with Crippen molar-refractivity contribution in [1.82, 2.24) is 20.3 Å². The summed E-state index contributed by atoms with van der Waals surface area (Å²) in [7, 11) is 1.87. The summed E-state index contributed by atoms with van der Waals surface area (Å²) in [6, 6.07) is 11.2. The molecule has 0 amide bonds. The average Bonchev–Trinajstić information content (AvgIpc) is 3.33. The van der Waals surface area contributed by atoms with E-state index in [1.165, 1.54) is 11.3 Å². The van der Waals surface area contributed by atoms with E-state index in [4.69, 9.17) is 4.52 Å². The molecule has 29 heavy (non-hydrogen) atoms. The molecule has 0 aliphatic carbocycles. The second kappa shape index (κ2) is 10.3.